The van der Waals surface area contributed by atoms with E-state index in [-0.39, 0.29) is 18.1 Å². The molecule has 1 saturated heterocycles. The average molecular weight is 244 g/mol. The lowest BCUT2D eigenvalue weighted by Gasteiger charge is -2.40. The van der Waals surface area contributed by atoms with Crippen LogP contribution in [0, 0.1) is 5.41 Å². The summed E-state index contributed by atoms with van der Waals surface area (Å²) >= 11 is 0. The van der Waals surface area contributed by atoms with E-state index in [9.17, 15) is 9.90 Å². The largest absolute Gasteiger partial charge is 0.444 e. The van der Waals surface area contributed by atoms with Crippen LogP contribution in [-0.4, -0.2) is 47.9 Å². The first kappa shape index (κ1) is 14.3. The van der Waals surface area contributed by atoms with Crippen molar-refractivity contribution >= 4 is 6.09 Å². The van der Waals surface area contributed by atoms with Crippen molar-refractivity contribution in [3.05, 3.63) is 0 Å². The summed E-state index contributed by atoms with van der Waals surface area (Å²) in [7, 11) is 0. The van der Waals surface area contributed by atoms with Crippen LogP contribution in [-0.2, 0) is 4.74 Å². The number of nitrogens with two attached hydrogens (primary N) is 1. The normalized spacial score (nSPS) is 20.2. The molecule has 0 spiro atoms. The summed E-state index contributed by atoms with van der Waals surface area (Å²) in [5.41, 5.74) is 5.01. The molecule has 5 nitrogen and oxygen atoms in total. The van der Waals surface area contributed by atoms with Crippen molar-refractivity contribution in [1.29, 1.82) is 0 Å². The van der Waals surface area contributed by atoms with Gasteiger partial charge in [0, 0.05) is 25.0 Å². The van der Waals surface area contributed by atoms with Gasteiger partial charge in [0.15, 0.2) is 0 Å². The van der Waals surface area contributed by atoms with Gasteiger partial charge in [-0.15, -0.1) is 0 Å². The number of carbonyl (C=O) groups excluding carboxylic acids is 1. The molecule has 5 heteroatoms. The van der Waals surface area contributed by atoms with Gasteiger partial charge in [-0.05, 0) is 33.6 Å². The molecule has 0 aromatic rings. The molecule has 3 N–H and O–H groups in total. The first-order valence-electron chi connectivity index (χ1n) is 6.11. The van der Waals surface area contributed by atoms with Crippen molar-refractivity contribution in [3.8, 4) is 0 Å². The smallest absolute Gasteiger partial charge is 0.410 e. The number of aliphatic hydroxyl groups excluding tert-OH is 1. The molecular weight excluding hydrogens is 220 g/mol. The monoisotopic (exact) mass is 244 g/mol. The van der Waals surface area contributed by atoms with Gasteiger partial charge in [0.2, 0.25) is 0 Å². The number of carbonyl (C=O) groups is 1. The maximum Gasteiger partial charge on any atom is 0.410 e. The van der Waals surface area contributed by atoms with E-state index in [1.54, 1.807) is 4.90 Å². The highest BCUT2D eigenvalue weighted by atomic mass is 16.6. The second-order valence-corrected chi connectivity index (χ2v) is 5.83. The van der Waals surface area contributed by atoms with Crippen molar-refractivity contribution in [2.24, 2.45) is 11.1 Å². The molecule has 0 unspecified atom stereocenters. The zero-order chi connectivity index (χ0) is 13.1. The van der Waals surface area contributed by atoms with Crippen LogP contribution in [0.1, 0.15) is 33.6 Å². The summed E-state index contributed by atoms with van der Waals surface area (Å²) in [6.07, 6.45) is 1.19. The lowest BCUT2D eigenvalue weighted by molar-refractivity contribution is 0.00180. The van der Waals surface area contributed by atoms with E-state index in [0.29, 0.717) is 19.6 Å². The number of amides is 1. The van der Waals surface area contributed by atoms with E-state index < -0.39 is 5.60 Å². The van der Waals surface area contributed by atoms with Gasteiger partial charge in [-0.1, -0.05) is 0 Å². The van der Waals surface area contributed by atoms with Gasteiger partial charge in [-0.2, -0.15) is 0 Å². The van der Waals surface area contributed by atoms with E-state index in [2.05, 4.69) is 0 Å². The molecular formula is C12H24N2O3. The van der Waals surface area contributed by atoms with Crippen molar-refractivity contribution in [2.45, 2.75) is 39.2 Å². The van der Waals surface area contributed by atoms with E-state index in [0.717, 1.165) is 12.8 Å². The Balaban J connectivity index is 2.49. The third-order valence-electron chi connectivity index (χ3n) is 3.24. The molecule has 0 bridgehead atoms. The second-order valence-electron chi connectivity index (χ2n) is 5.83. The number of likely N-dealkylation sites (tertiary alicyclic amines) is 1. The van der Waals surface area contributed by atoms with Crippen molar-refractivity contribution in [1.82, 2.24) is 4.90 Å². The number of hydrogen-bond donors (Lipinski definition) is 2. The molecule has 1 fully saturated rings. The first-order chi connectivity index (χ1) is 7.82. The van der Waals surface area contributed by atoms with Crippen LogP contribution >= 0.6 is 0 Å². The Labute approximate surface area is 103 Å². The topological polar surface area (TPSA) is 75.8 Å². The molecule has 1 rings (SSSR count). The minimum Gasteiger partial charge on any atom is -0.444 e. The molecule has 0 aliphatic carbocycles. The average Bonchev–Trinajstić information content (AvgIpc) is 2.27. The number of hydrogen-bond acceptors (Lipinski definition) is 4. The van der Waals surface area contributed by atoms with Crippen LogP contribution in [0.25, 0.3) is 0 Å². The van der Waals surface area contributed by atoms with Gasteiger partial charge in [0.25, 0.3) is 0 Å². The van der Waals surface area contributed by atoms with Gasteiger partial charge >= 0.3 is 6.09 Å². The Morgan fingerprint density at radius 3 is 2.29 bits per heavy atom. The third kappa shape index (κ3) is 3.85. The van der Waals surface area contributed by atoms with E-state index in [1.165, 1.54) is 0 Å². The SMILES string of the molecule is CC(C)(C)OC(=O)N1CCC(CN)(CO)CC1. The van der Waals surface area contributed by atoms with Crippen LogP contribution in [0.15, 0.2) is 0 Å². The van der Waals surface area contributed by atoms with Crippen LogP contribution in [0.2, 0.25) is 0 Å². The molecule has 100 valence electrons. The zero-order valence-electron chi connectivity index (χ0n) is 11.0. The van der Waals surface area contributed by atoms with E-state index in [4.69, 9.17) is 10.5 Å². The maximum atomic E-state index is 11.8. The van der Waals surface area contributed by atoms with Crippen molar-refractivity contribution in [2.75, 3.05) is 26.2 Å². The Bertz CT molecular complexity index is 259. The molecule has 0 atom stereocenters. The van der Waals surface area contributed by atoms with Crippen molar-refractivity contribution in [3.63, 3.8) is 0 Å². The summed E-state index contributed by atoms with van der Waals surface area (Å²) in [5.74, 6) is 0. The first-order valence-corrected chi connectivity index (χ1v) is 6.11. The van der Waals surface area contributed by atoms with Crippen LogP contribution in [0.3, 0.4) is 0 Å². The van der Waals surface area contributed by atoms with E-state index >= 15 is 0 Å². The fraction of sp³-hybridized carbons (Fsp3) is 0.917. The molecule has 17 heavy (non-hydrogen) atoms. The summed E-state index contributed by atoms with van der Waals surface area (Å²) in [6.45, 7) is 7.32. The van der Waals surface area contributed by atoms with Gasteiger partial charge in [0.05, 0.1) is 6.61 Å². The number of aliphatic hydroxyl groups is 1. The van der Waals surface area contributed by atoms with Crippen molar-refractivity contribution < 1.29 is 14.6 Å². The van der Waals surface area contributed by atoms with Gasteiger partial charge < -0.3 is 20.5 Å². The highest BCUT2D eigenvalue weighted by Crippen LogP contribution is 2.30. The number of rotatable bonds is 2. The Kier molecular flexibility index (Phi) is 4.38. The number of nitrogens with zero attached hydrogens (tertiary/aromatic N) is 1. The summed E-state index contributed by atoms with van der Waals surface area (Å²) < 4.78 is 5.31. The maximum absolute atomic E-state index is 11.8. The molecule has 0 aromatic heterocycles. The second kappa shape index (κ2) is 5.23. The van der Waals surface area contributed by atoms with Crippen LogP contribution < -0.4 is 5.73 Å². The highest BCUT2D eigenvalue weighted by Gasteiger charge is 2.35. The predicted molar refractivity (Wildman–Crippen MR) is 65.6 cm³/mol. The molecule has 0 aromatic carbocycles. The minimum atomic E-state index is -0.462. The van der Waals surface area contributed by atoms with Gasteiger partial charge in [-0.3, -0.25) is 0 Å². The molecule has 0 saturated carbocycles. The summed E-state index contributed by atoms with van der Waals surface area (Å²) in [4.78, 5) is 13.5. The standard InChI is InChI=1S/C12H24N2O3/c1-11(2,3)17-10(16)14-6-4-12(8-13,9-15)5-7-14/h15H,4-9,13H2,1-3H3. The fourth-order valence-corrected chi connectivity index (χ4v) is 1.92. The molecule has 1 aliphatic rings. The predicted octanol–water partition coefficient (Wildman–Crippen LogP) is 0.955. The van der Waals surface area contributed by atoms with Gasteiger partial charge in [-0.25, -0.2) is 4.79 Å². The molecule has 1 heterocycles. The number of piperidine rings is 1. The van der Waals surface area contributed by atoms with Crippen LogP contribution in [0.4, 0.5) is 4.79 Å². The fourth-order valence-electron chi connectivity index (χ4n) is 1.92. The Morgan fingerprint density at radius 1 is 1.41 bits per heavy atom. The van der Waals surface area contributed by atoms with E-state index in [1.807, 2.05) is 20.8 Å². The molecule has 1 amide bonds. The molecule has 0 radical (unpaired) electrons. The highest BCUT2D eigenvalue weighted by molar-refractivity contribution is 5.68. The lowest BCUT2D eigenvalue weighted by atomic mass is 9.79. The lowest BCUT2D eigenvalue weighted by Crippen LogP contribution is -2.48. The molecule has 1 aliphatic heterocycles. The quantitative estimate of drug-likeness (QED) is 0.758. The third-order valence-corrected chi connectivity index (χ3v) is 3.24. The van der Waals surface area contributed by atoms with Crippen LogP contribution in [0.5, 0.6) is 0 Å². The Morgan fingerprint density at radius 2 is 1.94 bits per heavy atom. The summed E-state index contributed by atoms with van der Waals surface area (Å²) in [6, 6.07) is 0. The number of ether oxygens (including phenoxy) is 1. The zero-order valence-corrected chi connectivity index (χ0v) is 11.0. The van der Waals surface area contributed by atoms with Gasteiger partial charge in [0.1, 0.15) is 5.60 Å². The Hall–Kier alpha value is -0.810. The minimum absolute atomic E-state index is 0.0889. The summed E-state index contributed by atoms with van der Waals surface area (Å²) in [5, 5.41) is 9.34.